The lowest BCUT2D eigenvalue weighted by atomic mass is 10.3. The molecule has 0 rings (SSSR count). The van der Waals surface area contributed by atoms with E-state index in [1.807, 2.05) is 5.87 Å². The topological polar surface area (TPSA) is 59.7 Å². The van der Waals surface area contributed by atoms with Gasteiger partial charge in [-0.15, -0.1) is 0 Å². The molecule has 0 saturated carbocycles. The summed E-state index contributed by atoms with van der Waals surface area (Å²) < 4.78 is 0. The molecule has 4 heteroatoms. The second-order valence-electron chi connectivity index (χ2n) is 1.19. The van der Waals surface area contributed by atoms with E-state index in [-0.39, 0.29) is 10.6 Å². The van der Waals surface area contributed by atoms with Crippen molar-refractivity contribution in [2.75, 3.05) is 7.05 Å². The lowest BCUT2D eigenvalue weighted by Crippen LogP contribution is -2.17. The Morgan fingerprint density at radius 2 is 2.33 bits per heavy atom. The van der Waals surface area contributed by atoms with Crippen molar-refractivity contribution in [1.82, 2.24) is 5.32 Å². The summed E-state index contributed by atoms with van der Waals surface area (Å²) in [7, 11) is 1.59. The van der Waals surface area contributed by atoms with Gasteiger partial charge in [-0.3, -0.25) is 5.41 Å². The second-order valence-corrected chi connectivity index (χ2v) is 1.60. The lowest BCUT2D eigenvalue weighted by molar-refractivity contribution is 1.21. The van der Waals surface area contributed by atoms with Crippen LogP contribution in [0.5, 0.6) is 0 Å². The third kappa shape index (κ3) is 2.04. The van der Waals surface area contributed by atoms with Crippen LogP contribution in [0.1, 0.15) is 0 Å². The van der Waals surface area contributed by atoms with Crippen molar-refractivity contribution in [2.45, 2.75) is 0 Å². The number of hydrogen-bond donors (Lipinski definition) is 2. The Morgan fingerprint density at radius 3 is 2.44 bits per heavy atom. The minimum absolute atomic E-state index is 0.0625. The second kappa shape index (κ2) is 3.79. The molecule has 0 aliphatic carbocycles. The van der Waals surface area contributed by atoms with Gasteiger partial charge in [-0.25, -0.2) is 0 Å². The van der Waals surface area contributed by atoms with Gasteiger partial charge in [-0.05, 0) is 0 Å². The standard InChI is InChI=1S/C5H5N3S/c1-8-5(9)4(2-6)3-7/h6H,1H3,(H,8,9). The number of nitriles is 1. The maximum atomic E-state index is 8.23. The summed E-state index contributed by atoms with van der Waals surface area (Å²) in [5.41, 5.74) is 0.0625. The maximum absolute atomic E-state index is 8.23. The number of nitrogens with one attached hydrogen (secondary N) is 2. The Hall–Kier alpha value is -1.17. The van der Waals surface area contributed by atoms with Gasteiger partial charge in [-0.1, -0.05) is 12.2 Å². The third-order valence-electron chi connectivity index (χ3n) is 0.691. The molecule has 0 atom stereocenters. The molecule has 0 heterocycles. The number of nitrogens with zero attached hydrogens (tertiary/aromatic N) is 1. The van der Waals surface area contributed by atoms with E-state index in [0.717, 1.165) is 0 Å². The highest BCUT2D eigenvalue weighted by molar-refractivity contribution is 7.80. The molecule has 0 amide bonds. The fraction of sp³-hybridized carbons (Fsp3) is 0.200. The Labute approximate surface area is 58.5 Å². The largest absolute Gasteiger partial charge is 0.378 e. The Bertz CT molecular complexity index is 207. The van der Waals surface area contributed by atoms with Crippen LogP contribution in [0.15, 0.2) is 5.57 Å². The van der Waals surface area contributed by atoms with Crippen LogP contribution < -0.4 is 5.32 Å². The first-order valence-corrected chi connectivity index (χ1v) is 2.59. The van der Waals surface area contributed by atoms with E-state index < -0.39 is 0 Å². The van der Waals surface area contributed by atoms with Gasteiger partial charge < -0.3 is 5.32 Å². The molecule has 0 fully saturated rings. The summed E-state index contributed by atoms with van der Waals surface area (Å²) >= 11 is 4.62. The summed E-state index contributed by atoms with van der Waals surface area (Å²) in [6, 6.07) is 1.72. The summed E-state index contributed by atoms with van der Waals surface area (Å²) in [5.74, 6) is 1.90. The van der Waals surface area contributed by atoms with Gasteiger partial charge in [0.05, 0.1) is 0 Å². The first kappa shape index (κ1) is 7.83. The molecule has 0 radical (unpaired) electrons. The first-order chi connectivity index (χ1) is 4.26. The van der Waals surface area contributed by atoms with Crippen LogP contribution in [0.2, 0.25) is 0 Å². The van der Waals surface area contributed by atoms with Crippen LogP contribution in [0.4, 0.5) is 0 Å². The SMILES string of the molecule is CNC(=S)C(=C=N)C#N. The van der Waals surface area contributed by atoms with Crippen molar-refractivity contribution in [3.8, 4) is 6.07 Å². The molecule has 0 spiro atoms. The fourth-order valence-corrected chi connectivity index (χ4v) is 0.357. The van der Waals surface area contributed by atoms with Crippen molar-refractivity contribution in [3.05, 3.63) is 5.57 Å². The smallest absolute Gasteiger partial charge is 0.147 e. The van der Waals surface area contributed by atoms with Gasteiger partial charge in [0.15, 0.2) is 0 Å². The molecular formula is C5H5N3S. The van der Waals surface area contributed by atoms with Gasteiger partial charge in [-0.2, -0.15) is 5.26 Å². The van der Waals surface area contributed by atoms with E-state index >= 15 is 0 Å². The van der Waals surface area contributed by atoms with E-state index in [4.69, 9.17) is 10.7 Å². The van der Waals surface area contributed by atoms with Crippen LogP contribution in [-0.4, -0.2) is 17.9 Å². The molecule has 3 nitrogen and oxygen atoms in total. The Morgan fingerprint density at radius 1 is 1.78 bits per heavy atom. The van der Waals surface area contributed by atoms with Crippen molar-refractivity contribution in [2.24, 2.45) is 0 Å². The predicted molar refractivity (Wildman–Crippen MR) is 38.5 cm³/mol. The van der Waals surface area contributed by atoms with Crippen LogP contribution >= 0.6 is 12.2 Å². The van der Waals surface area contributed by atoms with Crippen molar-refractivity contribution in [3.63, 3.8) is 0 Å². The average molecular weight is 139 g/mol. The zero-order chi connectivity index (χ0) is 7.28. The number of likely N-dealkylation sites (N-methyl/N-ethyl adjacent to an activating group) is 1. The molecule has 0 aromatic heterocycles. The molecule has 2 N–H and O–H groups in total. The summed E-state index contributed by atoms with van der Waals surface area (Å²) in [6.45, 7) is 0. The van der Waals surface area contributed by atoms with Crippen molar-refractivity contribution >= 4 is 23.1 Å². The highest BCUT2D eigenvalue weighted by Gasteiger charge is 1.97. The fourth-order valence-electron chi connectivity index (χ4n) is 0.260. The highest BCUT2D eigenvalue weighted by Crippen LogP contribution is 1.85. The van der Waals surface area contributed by atoms with Gasteiger partial charge in [0.25, 0.3) is 0 Å². The van der Waals surface area contributed by atoms with Gasteiger partial charge in [0.2, 0.25) is 0 Å². The van der Waals surface area contributed by atoms with Crippen molar-refractivity contribution < 1.29 is 0 Å². The van der Waals surface area contributed by atoms with Crippen LogP contribution in [0, 0.1) is 16.7 Å². The van der Waals surface area contributed by atoms with E-state index in [0.29, 0.717) is 0 Å². The van der Waals surface area contributed by atoms with Gasteiger partial charge in [0.1, 0.15) is 16.6 Å². The Kier molecular flexibility index (Phi) is 3.29. The van der Waals surface area contributed by atoms with E-state index in [1.165, 1.54) is 0 Å². The monoisotopic (exact) mass is 139 g/mol. The first-order valence-electron chi connectivity index (χ1n) is 2.18. The molecule has 0 aliphatic heterocycles. The normalized spacial score (nSPS) is 6.67. The van der Waals surface area contributed by atoms with E-state index in [1.54, 1.807) is 13.1 Å². The third-order valence-corrected chi connectivity index (χ3v) is 1.10. The van der Waals surface area contributed by atoms with Crippen molar-refractivity contribution in [1.29, 1.82) is 10.7 Å². The molecule has 0 aromatic carbocycles. The number of thiocarbonyl (C=S) groups is 1. The minimum atomic E-state index is 0.0625. The molecule has 0 saturated heterocycles. The van der Waals surface area contributed by atoms with Crippen LogP contribution in [0.25, 0.3) is 0 Å². The predicted octanol–water partition coefficient (Wildman–Crippen LogP) is 0.232. The summed E-state index contributed by atoms with van der Waals surface area (Å²) in [6.07, 6.45) is 0. The molecule has 0 aromatic rings. The molecular weight excluding hydrogens is 134 g/mol. The van der Waals surface area contributed by atoms with E-state index in [2.05, 4.69) is 17.5 Å². The quantitative estimate of drug-likeness (QED) is 0.236. The van der Waals surface area contributed by atoms with Gasteiger partial charge in [0, 0.05) is 12.9 Å². The average Bonchev–Trinajstić information content (AvgIpc) is 1.90. The molecule has 0 unspecified atom stereocenters. The molecule has 9 heavy (non-hydrogen) atoms. The zero-order valence-corrected chi connectivity index (χ0v) is 5.67. The highest BCUT2D eigenvalue weighted by atomic mass is 32.1. The maximum Gasteiger partial charge on any atom is 0.147 e. The summed E-state index contributed by atoms with van der Waals surface area (Å²) in [5, 5.41) is 17.3. The zero-order valence-electron chi connectivity index (χ0n) is 4.86. The number of rotatable bonds is 1. The summed E-state index contributed by atoms with van der Waals surface area (Å²) in [4.78, 5) is 0.257. The minimum Gasteiger partial charge on any atom is -0.378 e. The lowest BCUT2D eigenvalue weighted by Gasteiger charge is -1.93. The molecule has 0 aliphatic rings. The van der Waals surface area contributed by atoms with Gasteiger partial charge >= 0.3 is 0 Å². The Balaban J connectivity index is 4.39. The molecule has 0 bridgehead atoms. The molecule has 46 valence electrons. The van der Waals surface area contributed by atoms with Crippen LogP contribution in [0.3, 0.4) is 0 Å². The van der Waals surface area contributed by atoms with E-state index in [9.17, 15) is 0 Å². The number of hydrogen-bond acceptors (Lipinski definition) is 3. The van der Waals surface area contributed by atoms with Crippen LogP contribution in [-0.2, 0) is 0 Å².